The average Bonchev–Trinajstić information content (AvgIpc) is 3.21. The van der Waals surface area contributed by atoms with E-state index in [0.29, 0.717) is 10.9 Å². The van der Waals surface area contributed by atoms with Crippen LogP contribution in [0, 0.1) is 11.8 Å². The smallest absolute Gasteiger partial charge is 0.233 e. The number of likely N-dealkylation sites (tertiary alicyclic amines) is 1. The van der Waals surface area contributed by atoms with Gasteiger partial charge in [-0.25, -0.2) is 4.98 Å². The molecular formula is C21H28N4OS. The maximum atomic E-state index is 12.6. The lowest BCUT2D eigenvalue weighted by molar-refractivity contribution is -0.131. The molecule has 144 valence electrons. The Hall–Kier alpha value is -1.82. The third-order valence-corrected chi connectivity index (χ3v) is 6.90. The molecule has 0 bridgehead atoms. The first-order valence-electron chi connectivity index (χ1n) is 10.1. The van der Waals surface area contributed by atoms with Gasteiger partial charge in [0.05, 0.1) is 5.75 Å². The van der Waals surface area contributed by atoms with Crippen LogP contribution in [0.2, 0.25) is 0 Å². The molecule has 1 aliphatic carbocycles. The highest BCUT2D eigenvalue weighted by Crippen LogP contribution is 2.36. The van der Waals surface area contributed by atoms with Gasteiger partial charge < -0.3 is 4.90 Å². The fraction of sp³-hybridized carbons (Fsp3) is 0.571. The van der Waals surface area contributed by atoms with Gasteiger partial charge in [0.2, 0.25) is 11.1 Å². The predicted molar refractivity (Wildman–Crippen MR) is 109 cm³/mol. The van der Waals surface area contributed by atoms with E-state index in [1.54, 1.807) is 0 Å². The van der Waals surface area contributed by atoms with Crippen molar-refractivity contribution in [3.05, 3.63) is 29.8 Å². The number of carbonyl (C=O) groups excluding carboxylic acids is 1. The molecule has 1 saturated carbocycles. The molecule has 2 atom stereocenters. The van der Waals surface area contributed by atoms with Crippen LogP contribution in [0.4, 0.5) is 0 Å². The summed E-state index contributed by atoms with van der Waals surface area (Å²) in [5, 5.41) is 7.91. The zero-order chi connectivity index (χ0) is 18.6. The Morgan fingerprint density at radius 2 is 1.96 bits per heavy atom. The van der Waals surface area contributed by atoms with Crippen LogP contribution >= 0.6 is 11.8 Å². The van der Waals surface area contributed by atoms with Crippen molar-refractivity contribution in [3.8, 4) is 11.4 Å². The minimum atomic E-state index is 0.225. The maximum Gasteiger partial charge on any atom is 0.233 e. The first-order chi connectivity index (χ1) is 13.2. The van der Waals surface area contributed by atoms with Crippen molar-refractivity contribution in [3.63, 3.8) is 0 Å². The summed E-state index contributed by atoms with van der Waals surface area (Å²) in [4.78, 5) is 19.2. The Bertz CT molecular complexity index is 773. The molecule has 27 heavy (non-hydrogen) atoms. The largest absolute Gasteiger partial charge is 0.342 e. The van der Waals surface area contributed by atoms with Crippen LogP contribution < -0.4 is 0 Å². The van der Waals surface area contributed by atoms with Crippen molar-refractivity contribution < 1.29 is 4.79 Å². The summed E-state index contributed by atoms with van der Waals surface area (Å²) in [7, 11) is 0. The molecule has 1 N–H and O–H groups in total. The molecule has 4 rings (SSSR count). The molecule has 1 aromatic carbocycles. The summed E-state index contributed by atoms with van der Waals surface area (Å²) in [5.41, 5.74) is 2.33. The summed E-state index contributed by atoms with van der Waals surface area (Å²) < 4.78 is 0. The van der Waals surface area contributed by atoms with E-state index in [1.165, 1.54) is 49.4 Å². The number of piperidine rings is 1. The van der Waals surface area contributed by atoms with Crippen LogP contribution in [0.15, 0.2) is 29.4 Å². The van der Waals surface area contributed by atoms with Crippen molar-refractivity contribution in [2.24, 2.45) is 11.8 Å². The van der Waals surface area contributed by atoms with Gasteiger partial charge in [0.1, 0.15) is 0 Å². The number of benzene rings is 1. The van der Waals surface area contributed by atoms with Gasteiger partial charge in [-0.05, 0) is 36.7 Å². The van der Waals surface area contributed by atoms with Crippen molar-refractivity contribution in [1.82, 2.24) is 20.1 Å². The topological polar surface area (TPSA) is 61.9 Å². The van der Waals surface area contributed by atoms with Crippen LogP contribution in [0.25, 0.3) is 11.4 Å². The van der Waals surface area contributed by atoms with Crippen LogP contribution in [0.5, 0.6) is 0 Å². The van der Waals surface area contributed by atoms with Crippen molar-refractivity contribution >= 4 is 17.7 Å². The number of hydrogen-bond donors (Lipinski definition) is 1. The number of amides is 1. The number of fused-ring (bicyclic) bond motifs is 1. The number of hydrogen-bond acceptors (Lipinski definition) is 4. The van der Waals surface area contributed by atoms with Crippen LogP contribution in [-0.2, 0) is 11.2 Å². The molecule has 1 amide bonds. The number of H-pyrrole nitrogens is 1. The average molecular weight is 385 g/mol. The molecule has 2 fully saturated rings. The Morgan fingerprint density at radius 3 is 2.74 bits per heavy atom. The SMILES string of the molecule is CCc1ccc(-c2nc(SCC(=O)N3CC[C@H]4CCCC[C@H]4C3)n[nH]2)cc1. The molecule has 2 aliphatic rings. The van der Waals surface area contributed by atoms with E-state index in [2.05, 4.69) is 51.3 Å². The molecule has 2 heterocycles. The zero-order valence-electron chi connectivity index (χ0n) is 16.0. The number of carbonyl (C=O) groups is 1. The number of nitrogens with one attached hydrogen (secondary N) is 1. The highest BCUT2D eigenvalue weighted by Gasteiger charge is 2.32. The van der Waals surface area contributed by atoms with Crippen molar-refractivity contribution in [1.29, 1.82) is 0 Å². The molecule has 0 unspecified atom stereocenters. The molecular weight excluding hydrogens is 356 g/mol. The molecule has 1 aliphatic heterocycles. The Kier molecular flexibility index (Phi) is 5.81. The van der Waals surface area contributed by atoms with Crippen molar-refractivity contribution in [2.75, 3.05) is 18.8 Å². The lowest BCUT2D eigenvalue weighted by Gasteiger charge is -2.41. The van der Waals surface area contributed by atoms with Gasteiger partial charge in [-0.2, -0.15) is 0 Å². The predicted octanol–water partition coefficient (Wildman–Crippen LogP) is 4.16. The molecule has 1 aromatic heterocycles. The lowest BCUT2D eigenvalue weighted by atomic mass is 9.75. The van der Waals surface area contributed by atoms with Crippen LogP contribution in [0.3, 0.4) is 0 Å². The van der Waals surface area contributed by atoms with Gasteiger partial charge in [-0.3, -0.25) is 9.89 Å². The summed E-state index contributed by atoms with van der Waals surface area (Å²) in [5.74, 6) is 2.98. The maximum absolute atomic E-state index is 12.6. The van der Waals surface area contributed by atoms with E-state index in [9.17, 15) is 4.79 Å². The standard InChI is InChI=1S/C21H28N4OS/c1-2-15-7-9-17(10-8-15)20-22-21(24-23-20)27-14-19(26)25-12-11-16-5-3-4-6-18(16)13-25/h7-10,16,18H,2-6,11-14H2,1H3,(H,22,23,24)/t16-,18+/m1/s1. The number of aryl methyl sites for hydroxylation is 1. The normalized spacial score (nSPS) is 22.5. The second-order valence-electron chi connectivity index (χ2n) is 7.74. The van der Waals surface area contributed by atoms with E-state index in [4.69, 9.17) is 0 Å². The third-order valence-electron chi connectivity index (χ3n) is 6.07. The number of aromatic nitrogens is 3. The van der Waals surface area contributed by atoms with E-state index in [-0.39, 0.29) is 5.91 Å². The van der Waals surface area contributed by atoms with E-state index in [0.717, 1.165) is 42.7 Å². The van der Waals surface area contributed by atoms with Crippen LogP contribution in [0.1, 0.15) is 44.6 Å². The molecule has 0 radical (unpaired) electrons. The van der Waals surface area contributed by atoms with Gasteiger partial charge in [0.25, 0.3) is 0 Å². The number of thioether (sulfide) groups is 1. The second-order valence-corrected chi connectivity index (χ2v) is 8.68. The minimum Gasteiger partial charge on any atom is -0.342 e. The van der Waals surface area contributed by atoms with Crippen molar-refractivity contribution in [2.45, 2.75) is 50.6 Å². The number of nitrogens with zero attached hydrogens (tertiary/aromatic N) is 3. The highest BCUT2D eigenvalue weighted by atomic mass is 32.2. The fourth-order valence-electron chi connectivity index (χ4n) is 4.38. The highest BCUT2D eigenvalue weighted by molar-refractivity contribution is 7.99. The third kappa shape index (κ3) is 4.37. The van der Waals surface area contributed by atoms with Gasteiger partial charge >= 0.3 is 0 Å². The summed E-state index contributed by atoms with van der Waals surface area (Å²) in [6.07, 6.45) is 7.57. The molecule has 6 heteroatoms. The van der Waals surface area contributed by atoms with Gasteiger partial charge in [-0.15, -0.1) is 5.10 Å². The van der Waals surface area contributed by atoms with Gasteiger partial charge in [0, 0.05) is 18.7 Å². The van der Waals surface area contributed by atoms with Crippen LogP contribution in [-0.4, -0.2) is 44.8 Å². The first-order valence-corrected chi connectivity index (χ1v) is 11.1. The number of aromatic amines is 1. The number of rotatable bonds is 5. The molecule has 0 spiro atoms. The minimum absolute atomic E-state index is 0.225. The molecule has 5 nitrogen and oxygen atoms in total. The Morgan fingerprint density at radius 1 is 1.19 bits per heavy atom. The quantitative estimate of drug-likeness (QED) is 0.786. The summed E-state index contributed by atoms with van der Waals surface area (Å²) in [6, 6.07) is 8.35. The van der Waals surface area contributed by atoms with Gasteiger partial charge in [-0.1, -0.05) is 62.2 Å². The fourth-order valence-corrected chi connectivity index (χ4v) is 5.08. The molecule has 1 saturated heterocycles. The van der Waals surface area contributed by atoms with Gasteiger partial charge in [0.15, 0.2) is 5.82 Å². The van der Waals surface area contributed by atoms with E-state index < -0.39 is 0 Å². The molecule has 2 aromatic rings. The van der Waals surface area contributed by atoms with E-state index >= 15 is 0 Å². The van der Waals surface area contributed by atoms with E-state index in [1.807, 2.05) is 0 Å². The lowest BCUT2D eigenvalue weighted by Crippen LogP contribution is -2.45. The second kappa shape index (κ2) is 8.46. The zero-order valence-corrected chi connectivity index (χ0v) is 16.8. The summed E-state index contributed by atoms with van der Waals surface area (Å²) in [6.45, 7) is 4.02. The Labute approximate surface area is 165 Å². The Balaban J connectivity index is 1.31. The first kappa shape index (κ1) is 18.5. The summed E-state index contributed by atoms with van der Waals surface area (Å²) >= 11 is 1.43. The monoisotopic (exact) mass is 384 g/mol.